The van der Waals surface area contributed by atoms with Gasteiger partial charge in [0.1, 0.15) is 0 Å². The minimum absolute atomic E-state index is 0.131. The molecule has 0 saturated carbocycles. The molecule has 0 aliphatic rings. The van der Waals surface area contributed by atoms with Gasteiger partial charge >= 0.3 is 0 Å². The van der Waals surface area contributed by atoms with E-state index >= 15 is 0 Å². The third-order valence-corrected chi connectivity index (χ3v) is 3.32. The zero-order chi connectivity index (χ0) is 13.0. The van der Waals surface area contributed by atoms with E-state index < -0.39 is 0 Å². The number of nitrogens with one attached hydrogen (secondary N) is 2. The zero-order valence-corrected chi connectivity index (χ0v) is 11.4. The van der Waals surface area contributed by atoms with Crippen molar-refractivity contribution in [2.24, 2.45) is 0 Å². The number of anilines is 2. The molecular formula is C11H9Cl2N3OS. The Bertz CT molecular complexity index is 545. The molecular weight excluding hydrogens is 293 g/mol. The number of carbonyl (C=O) groups is 1. The summed E-state index contributed by atoms with van der Waals surface area (Å²) in [7, 11) is 0. The number of halogens is 2. The molecule has 4 nitrogen and oxygen atoms in total. The van der Waals surface area contributed by atoms with Crippen molar-refractivity contribution in [2.75, 3.05) is 17.2 Å². The van der Waals surface area contributed by atoms with Crippen LogP contribution in [0.1, 0.15) is 0 Å². The van der Waals surface area contributed by atoms with Gasteiger partial charge < -0.3 is 10.6 Å². The molecule has 1 aromatic carbocycles. The Hall–Kier alpha value is -1.30. The normalized spacial score (nSPS) is 10.1. The summed E-state index contributed by atoms with van der Waals surface area (Å²) in [6.07, 6.45) is 1.67. The standard InChI is InChI=1S/C11H9Cl2N3OS/c12-7-1-2-9(8(13)5-7)16-10(17)6-15-11-14-3-4-18-11/h1-5H,6H2,(H,14,15)(H,16,17). The number of hydrogen-bond donors (Lipinski definition) is 2. The Kier molecular flexibility index (Phi) is 4.41. The molecule has 0 atom stereocenters. The van der Waals surface area contributed by atoms with Crippen LogP contribution >= 0.6 is 34.5 Å². The smallest absolute Gasteiger partial charge is 0.243 e. The lowest BCUT2D eigenvalue weighted by Gasteiger charge is -2.07. The van der Waals surface area contributed by atoms with E-state index in [1.54, 1.807) is 24.4 Å². The van der Waals surface area contributed by atoms with Crippen molar-refractivity contribution in [3.05, 3.63) is 39.8 Å². The lowest BCUT2D eigenvalue weighted by atomic mass is 10.3. The maximum Gasteiger partial charge on any atom is 0.243 e. The number of rotatable bonds is 4. The largest absolute Gasteiger partial charge is 0.352 e. The molecule has 2 aromatic rings. The van der Waals surface area contributed by atoms with E-state index in [4.69, 9.17) is 23.2 Å². The average Bonchev–Trinajstić information content (AvgIpc) is 2.83. The molecule has 2 rings (SSSR count). The fourth-order valence-corrected chi connectivity index (χ4v) is 2.24. The minimum atomic E-state index is -0.200. The SMILES string of the molecule is O=C(CNc1nccs1)Nc1ccc(Cl)cc1Cl. The van der Waals surface area contributed by atoms with Gasteiger partial charge in [-0.1, -0.05) is 23.2 Å². The van der Waals surface area contributed by atoms with Crippen molar-refractivity contribution < 1.29 is 4.79 Å². The summed E-state index contributed by atoms with van der Waals surface area (Å²) in [5, 5.41) is 9.05. The third kappa shape index (κ3) is 3.60. The second-order valence-electron chi connectivity index (χ2n) is 3.36. The molecule has 0 saturated heterocycles. The molecule has 0 unspecified atom stereocenters. The van der Waals surface area contributed by atoms with Gasteiger partial charge in [-0.25, -0.2) is 4.98 Å². The molecule has 18 heavy (non-hydrogen) atoms. The van der Waals surface area contributed by atoms with Gasteiger partial charge in [0.15, 0.2) is 5.13 Å². The van der Waals surface area contributed by atoms with Crippen LogP contribution in [-0.4, -0.2) is 17.4 Å². The monoisotopic (exact) mass is 301 g/mol. The van der Waals surface area contributed by atoms with E-state index in [9.17, 15) is 4.79 Å². The molecule has 94 valence electrons. The van der Waals surface area contributed by atoms with Gasteiger partial charge in [-0.05, 0) is 18.2 Å². The number of thiazole rings is 1. The second kappa shape index (κ2) is 6.04. The highest BCUT2D eigenvalue weighted by Crippen LogP contribution is 2.25. The van der Waals surface area contributed by atoms with Crippen molar-refractivity contribution in [2.45, 2.75) is 0 Å². The Labute approximate surface area is 118 Å². The predicted octanol–water partition coefficient (Wildman–Crippen LogP) is 3.50. The molecule has 0 fully saturated rings. The molecule has 7 heteroatoms. The van der Waals surface area contributed by atoms with E-state index in [2.05, 4.69) is 15.6 Å². The van der Waals surface area contributed by atoms with Gasteiger partial charge in [-0.3, -0.25) is 4.79 Å². The summed E-state index contributed by atoms with van der Waals surface area (Å²) in [5.74, 6) is -0.200. The summed E-state index contributed by atoms with van der Waals surface area (Å²) in [6, 6.07) is 4.90. The molecule has 0 spiro atoms. The fourth-order valence-electron chi connectivity index (χ4n) is 1.25. The average molecular weight is 302 g/mol. The van der Waals surface area contributed by atoms with Gasteiger partial charge in [0.25, 0.3) is 0 Å². The van der Waals surface area contributed by atoms with E-state index in [0.717, 1.165) is 0 Å². The lowest BCUT2D eigenvalue weighted by molar-refractivity contribution is -0.114. The first-order valence-electron chi connectivity index (χ1n) is 5.03. The number of amides is 1. The van der Waals surface area contributed by atoms with Crippen molar-refractivity contribution in [3.8, 4) is 0 Å². The van der Waals surface area contributed by atoms with Crippen LogP contribution in [0.25, 0.3) is 0 Å². The first kappa shape index (κ1) is 13.1. The number of nitrogens with zero attached hydrogens (tertiary/aromatic N) is 1. The molecule has 1 amide bonds. The number of carbonyl (C=O) groups excluding carboxylic acids is 1. The Balaban J connectivity index is 1.91. The Morgan fingerprint density at radius 1 is 1.39 bits per heavy atom. The van der Waals surface area contributed by atoms with E-state index in [0.29, 0.717) is 20.9 Å². The topological polar surface area (TPSA) is 54.0 Å². The molecule has 2 N–H and O–H groups in total. The van der Waals surface area contributed by atoms with Crippen LogP contribution in [0, 0.1) is 0 Å². The quantitative estimate of drug-likeness (QED) is 0.909. The summed E-state index contributed by atoms with van der Waals surface area (Å²) in [4.78, 5) is 15.7. The van der Waals surface area contributed by atoms with E-state index in [-0.39, 0.29) is 12.5 Å². The highest BCUT2D eigenvalue weighted by atomic mass is 35.5. The molecule has 1 aromatic heterocycles. The lowest BCUT2D eigenvalue weighted by Crippen LogP contribution is -2.21. The number of benzene rings is 1. The van der Waals surface area contributed by atoms with Crippen LogP contribution < -0.4 is 10.6 Å². The van der Waals surface area contributed by atoms with Crippen molar-refractivity contribution in [1.29, 1.82) is 0 Å². The van der Waals surface area contributed by atoms with Gasteiger partial charge in [-0.15, -0.1) is 11.3 Å². The van der Waals surface area contributed by atoms with Gasteiger partial charge in [0.05, 0.1) is 17.3 Å². The van der Waals surface area contributed by atoms with E-state index in [1.165, 1.54) is 11.3 Å². The molecule has 0 radical (unpaired) electrons. The van der Waals surface area contributed by atoms with Crippen LogP contribution in [0.2, 0.25) is 10.0 Å². The fraction of sp³-hybridized carbons (Fsp3) is 0.0909. The summed E-state index contributed by atoms with van der Waals surface area (Å²) in [5.41, 5.74) is 0.534. The molecule has 0 bridgehead atoms. The van der Waals surface area contributed by atoms with Crippen LogP contribution in [0.3, 0.4) is 0 Å². The Morgan fingerprint density at radius 3 is 2.89 bits per heavy atom. The highest BCUT2D eigenvalue weighted by Gasteiger charge is 2.06. The number of hydrogen-bond acceptors (Lipinski definition) is 4. The third-order valence-electron chi connectivity index (χ3n) is 2.04. The van der Waals surface area contributed by atoms with E-state index in [1.807, 2.05) is 5.38 Å². The molecule has 0 aliphatic heterocycles. The van der Waals surface area contributed by atoms with Crippen LogP contribution in [0.4, 0.5) is 10.8 Å². The summed E-state index contributed by atoms with van der Waals surface area (Å²) in [6.45, 7) is 0.131. The van der Waals surface area contributed by atoms with Crippen LogP contribution in [-0.2, 0) is 4.79 Å². The molecule has 1 heterocycles. The van der Waals surface area contributed by atoms with Gasteiger partial charge in [0, 0.05) is 16.6 Å². The number of aromatic nitrogens is 1. The summed E-state index contributed by atoms with van der Waals surface area (Å²) >= 11 is 13.1. The highest BCUT2D eigenvalue weighted by molar-refractivity contribution is 7.13. The second-order valence-corrected chi connectivity index (χ2v) is 5.10. The van der Waals surface area contributed by atoms with Crippen LogP contribution in [0.5, 0.6) is 0 Å². The minimum Gasteiger partial charge on any atom is -0.352 e. The Morgan fingerprint density at radius 2 is 2.22 bits per heavy atom. The zero-order valence-electron chi connectivity index (χ0n) is 9.11. The van der Waals surface area contributed by atoms with Gasteiger partial charge in [-0.2, -0.15) is 0 Å². The maximum absolute atomic E-state index is 11.7. The maximum atomic E-state index is 11.7. The summed E-state index contributed by atoms with van der Waals surface area (Å²) < 4.78 is 0. The van der Waals surface area contributed by atoms with Crippen molar-refractivity contribution >= 4 is 51.3 Å². The first-order valence-corrected chi connectivity index (χ1v) is 6.67. The van der Waals surface area contributed by atoms with Crippen molar-refractivity contribution in [1.82, 2.24) is 4.98 Å². The predicted molar refractivity (Wildman–Crippen MR) is 75.7 cm³/mol. The van der Waals surface area contributed by atoms with Crippen LogP contribution in [0.15, 0.2) is 29.8 Å². The van der Waals surface area contributed by atoms with Crippen molar-refractivity contribution in [3.63, 3.8) is 0 Å². The molecule has 0 aliphatic carbocycles. The van der Waals surface area contributed by atoms with Gasteiger partial charge in [0.2, 0.25) is 5.91 Å². The first-order chi connectivity index (χ1) is 8.65.